The van der Waals surface area contributed by atoms with Crippen LogP contribution in [0.2, 0.25) is 0 Å². The molecule has 1 amide bonds. The van der Waals surface area contributed by atoms with Crippen LogP contribution in [-0.2, 0) is 21.9 Å². The molecule has 1 aromatic carbocycles. The van der Waals surface area contributed by atoms with E-state index in [9.17, 15) is 13.2 Å². The monoisotopic (exact) mass is 336 g/mol. The summed E-state index contributed by atoms with van der Waals surface area (Å²) in [5.41, 5.74) is 1.93. The SMILES string of the molecule is Cc1ccc(S(=O)(=O)NCCC(=O)Nc2ccn(C)n2)cc1C. The Bertz CT molecular complexity index is 812. The molecule has 0 fully saturated rings. The van der Waals surface area contributed by atoms with Crippen LogP contribution >= 0.6 is 0 Å². The number of sulfonamides is 1. The smallest absolute Gasteiger partial charge is 0.240 e. The van der Waals surface area contributed by atoms with Gasteiger partial charge in [0, 0.05) is 32.3 Å². The second-order valence-corrected chi connectivity index (χ2v) is 7.08. The minimum Gasteiger partial charge on any atom is -0.309 e. The van der Waals surface area contributed by atoms with Gasteiger partial charge in [0.15, 0.2) is 5.82 Å². The van der Waals surface area contributed by atoms with E-state index in [1.165, 1.54) is 0 Å². The summed E-state index contributed by atoms with van der Waals surface area (Å²) in [4.78, 5) is 11.9. The minimum atomic E-state index is -3.61. The normalized spacial score (nSPS) is 11.4. The summed E-state index contributed by atoms with van der Waals surface area (Å²) in [6.45, 7) is 3.80. The fraction of sp³-hybridized carbons (Fsp3) is 0.333. The Balaban J connectivity index is 1.89. The van der Waals surface area contributed by atoms with Gasteiger partial charge in [0.2, 0.25) is 15.9 Å². The molecule has 0 radical (unpaired) electrons. The predicted molar refractivity (Wildman–Crippen MR) is 87.6 cm³/mol. The topological polar surface area (TPSA) is 93.1 Å². The Kier molecular flexibility index (Phi) is 5.17. The quantitative estimate of drug-likeness (QED) is 0.832. The van der Waals surface area contributed by atoms with E-state index >= 15 is 0 Å². The summed E-state index contributed by atoms with van der Waals surface area (Å²) in [5, 5.41) is 6.62. The van der Waals surface area contributed by atoms with Crippen LogP contribution in [0.5, 0.6) is 0 Å². The molecule has 2 rings (SSSR count). The summed E-state index contributed by atoms with van der Waals surface area (Å²) in [6, 6.07) is 6.60. The van der Waals surface area contributed by atoms with Gasteiger partial charge in [0.05, 0.1) is 4.90 Å². The maximum atomic E-state index is 12.2. The van der Waals surface area contributed by atoms with Crippen molar-refractivity contribution in [3.8, 4) is 0 Å². The van der Waals surface area contributed by atoms with Crippen molar-refractivity contribution in [1.82, 2.24) is 14.5 Å². The number of aryl methyl sites for hydroxylation is 3. The first-order chi connectivity index (χ1) is 10.8. The maximum absolute atomic E-state index is 12.2. The lowest BCUT2D eigenvalue weighted by Gasteiger charge is -2.08. The van der Waals surface area contributed by atoms with E-state index < -0.39 is 10.0 Å². The Morgan fingerprint density at radius 2 is 1.96 bits per heavy atom. The summed E-state index contributed by atoms with van der Waals surface area (Å²) in [5.74, 6) is 0.140. The standard InChI is InChI=1S/C15H20N4O3S/c1-11-4-5-13(10-12(11)2)23(21,22)16-8-6-15(20)17-14-7-9-19(3)18-14/h4-5,7,9-10,16H,6,8H2,1-3H3,(H,17,18,20). The van der Waals surface area contributed by atoms with Crippen molar-refractivity contribution in [3.05, 3.63) is 41.6 Å². The number of rotatable bonds is 6. The van der Waals surface area contributed by atoms with Gasteiger partial charge >= 0.3 is 0 Å². The summed E-state index contributed by atoms with van der Waals surface area (Å²) < 4.78 is 28.4. The van der Waals surface area contributed by atoms with Crippen LogP contribution in [0.1, 0.15) is 17.5 Å². The second kappa shape index (κ2) is 6.93. The van der Waals surface area contributed by atoms with Crippen LogP contribution in [0.15, 0.2) is 35.4 Å². The largest absolute Gasteiger partial charge is 0.309 e. The molecule has 2 aromatic rings. The zero-order chi connectivity index (χ0) is 17.0. The lowest BCUT2D eigenvalue weighted by molar-refractivity contribution is -0.116. The third-order valence-electron chi connectivity index (χ3n) is 3.41. The molecule has 0 aliphatic rings. The molecule has 2 N–H and O–H groups in total. The van der Waals surface area contributed by atoms with E-state index in [0.29, 0.717) is 5.82 Å². The number of hydrogen-bond acceptors (Lipinski definition) is 4. The number of amides is 1. The number of benzene rings is 1. The lowest BCUT2D eigenvalue weighted by Crippen LogP contribution is -2.28. The van der Waals surface area contributed by atoms with Crippen LogP contribution in [0.3, 0.4) is 0 Å². The number of anilines is 1. The van der Waals surface area contributed by atoms with Crippen molar-refractivity contribution >= 4 is 21.7 Å². The lowest BCUT2D eigenvalue weighted by atomic mass is 10.1. The molecule has 0 aliphatic heterocycles. The number of hydrogen-bond donors (Lipinski definition) is 2. The van der Waals surface area contributed by atoms with E-state index in [2.05, 4.69) is 15.1 Å². The van der Waals surface area contributed by atoms with E-state index in [-0.39, 0.29) is 23.8 Å². The summed E-state index contributed by atoms with van der Waals surface area (Å²) in [6.07, 6.45) is 1.73. The van der Waals surface area contributed by atoms with Crippen LogP contribution in [0.4, 0.5) is 5.82 Å². The van der Waals surface area contributed by atoms with E-state index in [0.717, 1.165) is 11.1 Å². The van der Waals surface area contributed by atoms with E-state index in [1.54, 1.807) is 42.2 Å². The van der Waals surface area contributed by atoms with Crippen LogP contribution in [0.25, 0.3) is 0 Å². The molecule has 8 heteroatoms. The number of aromatic nitrogens is 2. The fourth-order valence-electron chi connectivity index (χ4n) is 1.95. The van der Waals surface area contributed by atoms with Gasteiger partial charge in [0.25, 0.3) is 0 Å². The highest BCUT2D eigenvalue weighted by molar-refractivity contribution is 7.89. The molecular weight excluding hydrogens is 316 g/mol. The Morgan fingerprint density at radius 3 is 2.57 bits per heavy atom. The molecule has 0 atom stereocenters. The van der Waals surface area contributed by atoms with E-state index in [4.69, 9.17) is 0 Å². The van der Waals surface area contributed by atoms with Crippen LogP contribution < -0.4 is 10.0 Å². The molecule has 124 valence electrons. The predicted octanol–water partition coefficient (Wildman–Crippen LogP) is 1.34. The Labute approximate surface area is 135 Å². The number of carbonyl (C=O) groups excluding carboxylic acids is 1. The molecule has 0 unspecified atom stereocenters. The van der Waals surface area contributed by atoms with Gasteiger partial charge in [-0.3, -0.25) is 9.48 Å². The average Bonchev–Trinajstić information content (AvgIpc) is 2.86. The van der Waals surface area contributed by atoms with Crippen LogP contribution in [-0.4, -0.2) is 30.7 Å². The zero-order valence-electron chi connectivity index (χ0n) is 13.3. The van der Waals surface area contributed by atoms with Gasteiger partial charge in [-0.25, -0.2) is 13.1 Å². The van der Waals surface area contributed by atoms with Crippen molar-refractivity contribution in [2.75, 3.05) is 11.9 Å². The first-order valence-corrected chi connectivity index (χ1v) is 8.63. The highest BCUT2D eigenvalue weighted by Gasteiger charge is 2.15. The summed E-state index contributed by atoms with van der Waals surface area (Å²) >= 11 is 0. The molecule has 1 aromatic heterocycles. The van der Waals surface area contributed by atoms with E-state index in [1.807, 2.05) is 13.8 Å². The zero-order valence-corrected chi connectivity index (χ0v) is 14.1. The van der Waals surface area contributed by atoms with Crippen molar-refractivity contribution < 1.29 is 13.2 Å². The minimum absolute atomic E-state index is 0.0218. The molecule has 0 saturated carbocycles. The van der Waals surface area contributed by atoms with Gasteiger partial charge in [-0.05, 0) is 37.1 Å². The van der Waals surface area contributed by atoms with Gasteiger partial charge in [-0.2, -0.15) is 5.10 Å². The average molecular weight is 336 g/mol. The fourth-order valence-corrected chi connectivity index (χ4v) is 3.07. The van der Waals surface area contributed by atoms with Crippen LogP contribution in [0, 0.1) is 13.8 Å². The first kappa shape index (κ1) is 17.2. The third kappa shape index (κ3) is 4.64. The van der Waals surface area contributed by atoms with Crippen molar-refractivity contribution in [2.45, 2.75) is 25.2 Å². The Hall–Kier alpha value is -2.19. The Morgan fingerprint density at radius 1 is 1.22 bits per heavy atom. The maximum Gasteiger partial charge on any atom is 0.240 e. The third-order valence-corrected chi connectivity index (χ3v) is 4.87. The van der Waals surface area contributed by atoms with Gasteiger partial charge in [-0.15, -0.1) is 0 Å². The van der Waals surface area contributed by atoms with Gasteiger partial charge < -0.3 is 5.32 Å². The van der Waals surface area contributed by atoms with Gasteiger partial charge in [-0.1, -0.05) is 6.07 Å². The highest BCUT2D eigenvalue weighted by atomic mass is 32.2. The number of nitrogens with zero attached hydrogens (tertiary/aromatic N) is 2. The molecule has 0 aliphatic carbocycles. The molecule has 23 heavy (non-hydrogen) atoms. The first-order valence-electron chi connectivity index (χ1n) is 7.14. The molecular formula is C15H20N4O3S. The molecule has 1 heterocycles. The molecule has 0 bridgehead atoms. The summed E-state index contributed by atoms with van der Waals surface area (Å²) in [7, 11) is -1.87. The van der Waals surface area contributed by atoms with Crippen molar-refractivity contribution in [3.63, 3.8) is 0 Å². The highest BCUT2D eigenvalue weighted by Crippen LogP contribution is 2.14. The number of nitrogens with one attached hydrogen (secondary N) is 2. The van der Waals surface area contributed by atoms with Gasteiger partial charge in [0.1, 0.15) is 0 Å². The second-order valence-electron chi connectivity index (χ2n) is 5.32. The van der Waals surface area contributed by atoms with Crippen molar-refractivity contribution in [1.29, 1.82) is 0 Å². The van der Waals surface area contributed by atoms with Crippen molar-refractivity contribution in [2.24, 2.45) is 7.05 Å². The molecule has 0 saturated heterocycles. The number of carbonyl (C=O) groups is 1. The molecule has 7 nitrogen and oxygen atoms in total. The molecule has 0 spiro atoms.